The first kappa shape index (κ1) is 24.2. The standard InChI is InChI=1S/C22H22F4N6O4/c23-16-7-14-9-31(10-17(16)36-14)19-15-8-27-32(11-22(24,25)26)20(15)30-18(29-19)12-1-3-13(4-2-12)28-21(34)35-6-5-33/h1-4,8,14,16-17,33H,5-7,9-11H2,(H,28,34). The number of amides is 1. The summed E-state index contributed by atoms with van der Waals surface area (Å²) in [6.45, 7) is -1.25. The first-order chi connectivity index (χ1) is 17.2. The monoisotopic (exact) mass is 510 g/mol. The summed E-state index contributed by atoms with van der Waals surface area (Å²) in [4.78, 5) is 22.5. The number of aromatic nitrogens is 4. The minimum atomic E-state index is -4.51. The Hall–Kier alpha value is -3.52. The van der Waals surface area contributed by atoms with Crippen LogP contribution in [0, 0.1) is 0 Å². The Morgan fingerprint density at radius 1 is 1.22 bits per heavy atom. The molecule has 192 valence electrons. The van der Waals surface area contributed by atoms with Crippen LogP contribution in [0.25, 0.3) is 22.4 Å². The summed E-state index contributed by atoms with van der Waals surface area (Å²) in [5.41, 5.74) is 0.869. The van der Waals surface area contributed by atoms with Crippen molar-refractivity contribution < 1.29 is 36.9 Å². The van der Waals surface area contributed by atoms with Crippen LogP contribution >= 0.6 is 0 Å². The number of anilines is 2. The molecule has 36 heavy (non-hydrogen) atoms. The highest BCUT2D eigenvalue weighted by Crippen LogP contribution is 2.35. The third kappa shape index (κ3) is 5.04. The normalized spacial score (nSPS) is 21.7. The van der Waals surface area contributed by atoms with E-state index in [1.54, 1.807) is 29.2 Å². The van der Waals surface area contributed by atoms with Gasteiger partial charge in [-0.2, -0.15) is 18.3 Å². The molecule has 1 aromatic carbocycles. The predicted octanol–water partition coefficient (Wildman–Crippen LogP) is 2.91. The van der Waals surface area contributed by atoms with Crippen LogP contribution in [0.3, 0.4) is 0 Å². The average Bonchev–Trinajstić information content (AvgIpc) is 3.34. The second kappa shape index (κ2) is 9.50. The van der Waals surface area contributed by atoms with Gasteiger partial charge in [-0.1, -0.05) is 0 Å². The number of benzene rings is 1. The fraction of sp³-hybridized carbons (Fsp3) is 0.455. The van der Waals surface area contributed by atoms with E-state index >= 15 is 0 Å². The maximum Gasteiger partial charge on any atom is 0.411 e. The van der Waals surface area contributed by atoms with E-state index in [2.05, 4.69) is 20.4 Å². The van der Waals surface area contributed by atoms with Gasteiger partial charge in [0, 0.05) is 30.8 Å². The van der Waals surface area contributed by atoms with Gasteiger partial charge >= 0.3 is 12.3 Å². The molecular formula is C22H22F4N6O4. The SMILES string of the molecule is O=C(Nc1ccc(-c2nc(N3CC4CC(F)C(C3)O4)c3cnn(CC(F)(F)F)c3n2)cc1)OCCO. The third-order valence-electron chi connectivity index (χ3n) is 5.90. The Bertz CT molecular complexity index is 1250. The molecule has 2 saturated heterocycles. The predicted molar refractivity (Wildman–Crippen MR) is 119 cm³/mol. The molecule has 0 spiro atoms. The second-order valence-corrected chi connectivity index (χ2v) is 8.54. The molecule has 2 aromatic heterocycles. The van der Waals surface area contributed by atoms with E-state index < -0.39 is 31.1 Å². The number of halogens is 4. The number of ether oxygens (including phenoxy) is 2. The molecule has 2 N–H and O–H groups in total. The van der Waals surface area contributed by atoms with Crippen molar-refractivity contribution in [3.8, 4) is 11.4 Å². The molecule has 3 atom stereocenters. The molecule has 2 aliphatic heterocycles. The first-order valence-corrected chi connectivity index (χ1v) is 11.2. The van der Waals surface area contributed by atoms with Crippen LogP contribution in [-0.4, -0.2) is 81.8 Å². The number of rotatable bonds is 6. The molecule has 2 aliphatic rings. The van der Waals surface area contributed by atoms with Crippen molar-refractivity contribution >= 4 is 28.6 Å². The lowest BCUT2D eigenvalue weighted by Gasteiger charge is -2.33. The maximum atomic E-state index is 14.2. The van der Waals surface area contributed by atoms with Crippen molar-refractivity contribution in [2.45, 2.75) is 37.5 Å². The number of carbonyl (C=O) groups is 1. The van der Waals surface area contributed by atoms with Gasteiger partial charge in [-0.3, -0.25) is 5.32 Å². The fourth-order valence-corrected chi connectivity index (χ4v) is 4.37. The van der Waals surface area contributed by atoms with E-state index in [9.17, 15) is 22.4 Å². The Morgan fingerprint density at radius 2 is 2.00 bits per heavy atom. The van der Waals surface area contributed by atoms with Gasteiger partial charge in [0.1, 0.15) is 31.2 Å². The van der Waals surface area contributed by atoms with Crippen molar-refractivity contribution in [3.63, 3.8) is 0 Å². The minimum absolute atomic E-state index is 0.00209. The zero-order valence-electron chi connectivity index (χ0n) is 18.8. The van der Waals surface area contributed by atoms with Crippen LogP contribution in [-0.2, 0) is 16.0 Å². The molecule has 5 rings (SSSR count). The Labute approximate surface area is 201 Å². The number of morpholine rings is 1. The quantitative estimate of drug-likeness (QED) is 0.487. The molecule has 3 unspecified atom stereocenters. The summed E-state index contributed by atoms with van der Waals surface area (Å²) in [6, 6.07) is 6.30. The number of nitrogens with one attached hydrogen (secondary N) is 1. The summed E-state index contributed by atoms with van der Waals surface area (Å²) >= 11 is 0. The van der Waals surface area contributed by atoms with E-state index in [4.69, 9.17) is 14.6 Å². The van der Waals surface area contributed by atoms with Crippen LogP contribution in [0.5, 0.6) is 0 Å². The van der Waals surface area contributed by atoms with Crippen molar-refractivity contribution in [2.24, 2.45) is 0 Å². The van der Waals surface area contributed by atoms with Gasteiger partial charge in [-0.05, 0) is 24.3 Å². The van der Waals surface area contributed by atoms with Crippen LogP contribution in [0.15, 0.2) is 30.5 Å². The maximum absolute atomic E-state index is 14.2. The van der Waals surface area contributed by atoms with Crippen LogP contribution in [0.4, 0.5) is 33.9 Å². The van der Waals surface area contributed by atoms with Gasteiger partial charge in [0.05, 0.1) is 24.3 Å². The molecule has 2 bridgehead atoms. The molecule has 1 amide bonds. The molecular weight excluding hydrogens is 488 g/mol. The third-order valence-corrected chi connectivity index (χ3v) is 5.90. The fourth-order valence-electron chi connectivity index (χ4n) is 4.37. The topological polar surface area (TPSA) is 115 Å². The van der Waals surface area contributed by atoms with Crippen molar-refractivity contribution in [1.29, 1.82) is 0 Å². The van der Waals surface area contributed by atoms with E-state index in [0.29, 0.717) is 29.0 Å². The van der Waals surface area contributed by atoms with E-state index in [1.165, 1.54) is 6.20 Å². The number of nitrogens with zero attached hydrogens (tertiary/aromatic N) is 5. The largest absolute Gasteiger partial charge is 0.447 e. The second-order valence-electron chi connectivity index (χ2n) is 8.54. The lowest BCUT2D eigenvalue weighted by Crippen LogP contribution is -2.44. The molecule has 2 fully saturated rings. The number of carbonyl (C=O) groups excluding carboxylic acids is 1. The Morgan fingerprint density at radius 3 is 2.69 bits per heavy atom. The molecule has 0 aliphatic carbocycles. The van der Waals surface area contributed by atoms with E-state index in [1.807, 2.05) is 0 Å². The zero-order valence-corrected chi connectivity index (χ0v) is 18.8. The van der Waals surface area contributed by atoms with Gasteiger partial charge < -0.3 is 19.5 Å². The Kier molecular flexibility index (Phi) is 6.38. The van der Waals surface area contributed by atoms with Gasteiger partial charge in [0.25, 0.3) is 0 Å². The molecule has 0 saturated carbocycles. The van der Waals surface area contributed by atoms with Gasteiger partial charge in [0.2, 0.25) is 0 Å². The van der Waals surface area contributed by atoms with Crippen molar-refractivity contribution in [3.05, 3.63) is 30.5 Å². The molecule has 3 aromatic rings. The van der Waals surface area contributed by atoms with Gasteiger partial charge in [-0.25, -0.2) is 23.8 Å². The molecule has 10 nitrogen and oxygen atoms in total. The van der Waals surface area contributed by atoms with Gasteiger partial charge in [-0.15, -0.1) is 0 Å². The van der Waals surface area contributed by atoms with Crippen LogP contribution < -0.4 is 10.2 Å². The smallest absolute Gasteiger partial charge is 0.411 e. The number of alkyl halides is 4. The summed E-state index contributed by atoms with van der Waals surface area (Å²) in [5.74, 6) is 0.497. The summed E-state index contributed by atoms with van der Waals surface area (Å²) in [5, 5.41) is 15.4. The first-order valence-electron chi connectivity index (χ1n) is 11.2. The van der Waals surface area contributed by atoms with Gasteiger partial charge in [0.15, 0.2) is 11.5 Å². The summed E-state index contributed by atoms with van der Waals surface area (Å²) < 4.78 is 64.9. The molecule has 0 radical (unpaired) electrons. The number of aliphatic hydroxyl groups is 1. The molecule has 14 heteroatoms. The highest BCUT2D eigenvalue weighted by Gasteiger charge is 2.42. The average molecular weight is 510 g/mol. The number of aliphatic hydroxyl groups excluding tert-OH is 1. The minimum Gasteiger partial charge on any atom is -0.447 e. The number of fused-ring (bicyclic) bond motifs is 3. The van der Waals surface area contributed by atoms with E-state index in [0.717, 1.165) is 4.68 Å². The van der Waals surface area contributed by atoms with Crippen LogP contribution in [0.1, 0.15) is 6.42 Å². The molecule has 4 heterocycles. The summed E-state index contributed by atoms with van der Waals surface area (Å²) in [7, 11) is 0. The summed E-state index contributed by atoms with van der Waals surface area (Å²) in [6.07, 6.45) is -5.82. The lowest BCUT2D eigenvalue weighted by atomic mass is 10.2. The van der Waals surface area contributed by atoms with Crippen LogP contribution in [0.2, 0.25) is 0 Å². The number of hydrogen-bond acceptors (Lipinski definition) is 8. The number of hydrogen-bond donors (Lipinski definition) is 2. The zero-order chi connectivity index (χ0) is 25.4. The van der Waals surface area contributed by atoms with Crippen molar-refractivity contribution in [2.75, 3.05) is 36.5 Å². The van der Waals surface area contributed by atoms with E-state index in [-0.39, 0.29) is 43.8 Å². The highest BCUT2D eigenvalue weighted by atomic mass is 19.4. The highest BCUT2D eigenvalue weighted by molar-refractivity contribution is 5.89. The Balaban J connectivity index is 1.50. The van der Waals surface area contributed by atoms with Crippen molar-refractivity contribution in [1.82, 2.24) is 19.7 Å². The lowest BCUT2D eigenvalue weighted by molar-refractivity contribution is -0.141.